The Morgan fingerprint density at radius 3 is 2.38 bits per heavy atom. The van der Waals surface area contributed by atoms with E-state index in [9.17, 15) is 4.79 Å². The zero-order chi connectivity index (χ0) is 22.5. The van der Waals surface area contributed by atoms with Gasteiger partial charge in [-0.05, 0) is 49.4 Å². The van der Waals surface area contributed by atoms with Crippen molar-refractivity contribution in [1.82, 2.24) is 25.0 Å². The number of anilines is 2. The zero-order valence-corrected chi connectivity index (χ0v) is 18.9. The molecule has 0 atom stereocenters. The van der Waals surface area contributed by atoms with Gasteiger partial charge in [0.1, 0.15) is 0 Å². The fourth-order valence-electron chi connectivity index (χ4n) is 3.03. The van der Waals surface area contributed by atoms with E-state index >= 15 is 0 Å². The second-order valence-electron chi connectivity index (χ2n) is 7.35. The van der Waals surface area contributed by atoms with Crippen molar-refractivity contribution in [1.29, 1.82) is 0 Å². The van der Waals surface area contributed by atoms with Crippen LogP contribution < -0.4 is 10.2 Å². The molecule has 9 heteroatoms. The molecule has 162 valence electrons. The third-order valence-corrected chi connectivity index (χ3v) is 5.67. The SMILES string of the molecule is Cc1ccc(-n2nnc(C(=O)Nc3ccc(N(C)C)cc3)c2CSc2ncccn2)cc1. The third kappa shape index (κ3) is 4.94. The number of aromatic nitrogens is 5. The molecule has 2 heterocycles. The summed E-state index contributed by atoms with van der Waals surface area (Å²) in [6.07, 6.45) is 3.38. The second-order valence-corrected chi connectivity index (χ2v) is 8.29. The Hall–Kier alpha value is -3.72. The number of carbonyl (C=O) groups is 1. The molecule has 0 aliphatic rings. The lowest BCUT2D eigenvalue weighted by Crippen LogP contribution is -2.15. The van der Waals surface area contributed by atoms with Crippen molar-refractivity contribution in [2.75, 3.05) is 24.3 Å². The number of aryl methyl sites for hydroxylation is 1. The van der Waals surface area contributed by atoms with Crippen molar-refractivity contribution in [2.24, 2.45) is 0 Å². The van der Waals surface area contributed by atoms with Gasteiger partial charge in [0.15, 0.2) is 10.9 Å². The maximum absolute atomic E-state index is 13.1. The molecule has 4 rings (SSSR count). The summed E-state index contributed by atoms with van der Waals surface area (Å²) in [7, 11) is 3.94. The Balaban J connectivity index is 1.62. The quantitative estimate of drug-likeness (QED) is 0.340. The van der Waals surface area contributed by atoms with Crippen LogP contribution in [0.25, 0.3) is 5.69 Å². The van der Waals surface area contributed by atoms with Crippen LogP contribution in [-0.4, -0.2) is 45.0 Å². The van der Waals surface area contributed by atoms with Crippen molar-refractivity contribution >= 4 is 29.0 Å². The molecule has 0 bridgehead atoms. The van der Waals surface area contributed by atoms with Crippen LogP contribution >= 0.6 is 11.8 Å². The van der Waals surface area contributed by atoms with Gasteiger partial charge in [0, 0.05) is 43.6 Å². The van der Waals surface area contributed by atoms with E-state index in [4.69, 9.17) is 0 Å². The summed E-state index contributed by atoms with van der Waals surface area (Å²) in [5.74, 6) is 0.123. The highest BCUT2D eigenvalue weighted by atomic mass is 32.2. The summed E-state index contributed by atoms with van der Waals surface area (Å²) in [5, 5.41) is 12.0. The lowest BCUT2D eigenvalue weighted by atomic mass is 10.2. The van der Waals surface area contributed by atoms with Crippen LogP contribution in [0.4, 0.5) is 11.4 Å². The number of thioether (sulfide) groups is 1. The van der Waals surface area contributed by atoms with Crippen molar-refractivity contribution in [3.8, 4) is 5.69 Å². The standard InChI is InChI=1S/C23H23N7OS/c1-16-5-9-19(10-6-16)30-20(15-32-23-24-13-4-14-25-23)21(27-28-30)22(31)26-17-7-11-18(12-8-17)29(2)3/h4-14H,15H2,1-3H3,(H,26,31). The van der Waals surface area contributed by atoms with E-state index in [0.29, 0.717) is 22.3 Å². The zero-order valence-electron chi connectivity index (χ0n) is 18.1. The Labute approximate surface area is 190 Å². The molecule has 0 unspecified atom stereocenters. The van der Waals surface area contributed by atoms with E-state index in [2.05, 4.69) is 25.6 Å². The third-order valence-electron chi connectivity index (χ3n) is 4.78. The number of nitrogens with one attached hydrogen (secondary N) is 1. The van der Waals surface area contributed by atoms with Gasteiger partial charge in [-0.3, -0.25) is 4.79 Å². The molecular formula is C23H23N7OS. The van der Waals surface area contributed by atoms with Gasteiger partial charge in [0.2, 0.25) is 0 Å². The van der Waals surface area contributed by atoms with Gasteiger partial charge >= 0.3 is 0 Å². The molecule has 32 heavy (non-hydrogen) atoms. The smallest absolute Gasteiger partial charge is 0.278 e. The fraction of sp³-hybridized carbons (Fsp3) is 0.174. The predicted octanol–water partition coefficient (Wildman–Crippen LogP) is 3.98. The minimum Gasteiger partial charge on any atom is -0.378 e. The van der Waals surface area contributed by atoms with E-state index in [1.807, 2.05) is 74.4 Å². The summed E-state index contributed by atoms with van der Waals surface area (Å²) < 4.78 is 1.69. The van der Waals surface area contributed by atoms with Crippen molar-refractivity contribution in [3.63, 3.8) is 0 Å². The van der Waals surface area contributed by atoms with Gasteiger partial charge in [0.25, 0.3) is 5.91 Å². The van der Waals surface area contributed by atoms with Crippen LogP contribution in [0.5, 0.6) is 0 Å². The molecule has 8 nitrogen and oxygen atoms in total. The van der Waals surface area contributed by atoms with Gasteiger partial charge in [-0.25, -0.2) is 14.6 Å². The van der Waals surface area contributed by atoms with Crippen LogP contribution in [0.2, 0.25) is 0 Å². The molecule has 2 aromatic carbocycles. The van der Waals surface area contributed by atoms with Gasteiger partial charge in [-0.15, -0.1) is 5.10 Å². The summed E-state index contributed by atoms with van der Waals surface area (Å²) in [6.45, 7) is 2.02. The number of hydrogen-bond acceptors (Lipinski definition) is 7. The highest BCUT2D eigenvalue weighted by Crippen LogP contribution is 2.24. The summed E-state index contributed by atoms with van der Waals surface area (Å²) in [5.41, 5.74) is 4.66. The van der Waals surface area contributed by atoms with Gasteiger partial charge in [0.05, 0.1) is 11.4 Å². The average molecular weight is 446 g/mol. The summed E-state index contributed by atoms with van der Waals surface area (Å²) in [4.78, 5) is 23.6. The fourth-order valence-corrected chi connectivity index (χ4v) is 3.82. The molecule has 0 saturated carbocycles. The number of hydrogen-bond donors (Lipinski definition) is 1. The lowest BCUT2D eigenvalue weighted by molar-refractivity contribution is 0.102. The second kappa shape index (κ2) is 9.61. The van der Waals surface area contributed by atoms with Crippen LogP contribution in [0.15, 0.2) is 72.1 Å². The van der Waals surface area contributed by atoms with Crippen LogP contribution in [-0.2, 0) is 5.75 Å². The van der Waals surface area contributed by atoms with E-state index in [1.165, 1.54) is 11.8 Å². The Kier molecular flexibility index (Phi) is 6.46. The van der Waals surface area contributed by atoms with Crippen LogP contribution in [0.1, 0.15) is 21.7 Å². The van der Waals surface area contributed by atoms with E-state index in [1.54, 1.807) is 23.1 Å². The molecule has 0 aliphatic heterocycles. The first-order chi connectivity index (χ1) is 15.5. The van der Waals surface area contributed by atoms with Crippen molar-refractivity contribution < 1.29 is 4.79 Å². The summed E-state index contributed by atoms with van der Waals surface area (Å²) in [6, 6.07) is 17.3. The van der Waals surface area contributed by atoms with Crippen molar-refractivity contribution in [2.45, 2.75) is 17.8 Å². The first kappa shape index (κ1) is 21.5. The van der Waals surface area contributed by atoms with Crippen LogP contribution in [0.3, 0.4) is 0 Å². The monoisotopic (exact) mass is 445 g/mol. The highest BCUT2D eigenvalue weighted by molar-refractivity contribution is 7.98. The van der Waals surface area contributed by atoms with E-state index < -0.39 is 0 Å². The first-order valence-electron chi connectivity index (χ1n) is 10.0. The minimum absolute atomic E-state index is 0.269. The molecule has 1 amide bonds. The topological polar surface area (TPSA) is 88.8 Å². The van der Waals surface area contributed by atoms with Gasteiger partial charge < -0.3 is 10.2 Å². The Morgan fingerprint density at radius 2 is 1.72 bits per heavy atom. The van der Waals surface area contributed by atoms with E-state index in [0.717, 1.165) is 16.9 Å². The normalized spacial score (nSPS) is 10.7. The molecule has 4 aromatic rings. The average Bonchev–Trinajstić information content (AvgIpc) is 3.23. The minimum atomic E-state index is -0.314. The molecule has 0 spiro atoms. The summed E-state index contributed by atoms with van der Waals surface area (Å²) >= 11 is 1.42. The lowest BCUT2D eigenvalue weighted by Gasteiger charge is -2.13. The van der Waals surface area contributed by atoms with Gasteiger partial charge in [-0.1, -0.05) is 34.7 Å². The molecule has 0 aliphatic carbocycles. The molecule has 0 fully saturated rings. The highest BCUT2D eigenvalue weighted by Gasteiger charge is 2.21. The molecule has 2 aromatic heterocycles. The number of benzene rings is 2. The molecular weight excluding hydrogens is 422 g/mol. The number of nitrogens with zero attached hydrogens (tertiary/aromatic N) is 6. The molecule has 0 saturated heterocycles. The first-order valence-corrected chi connectivity index (χ1v) is 11.0. The maximum atomic E-state index is 13.1. The number of amides is 1. The Morgan fingerprint density at radius 1 is 1.03 bits per heavy atom. The largest absolute Gasteiger partial charge is 0.378 e. The van der Waals surface area contributed by atoms with Crippen LogP contribution in [0, 0.1) is 6.92 Å². The maximum Gasteiger partial charge on any atom is 0.278 e. The predicted molar refractivity (Wildman–Crippen MR) is 126 cm³/mol. The molecule has 0 radical (unpaired) electrons. The number of carbonyl (C=O) groups excluding carboxylic acids is 1. The molecule has 1 N–H and O–H groups in total. The van der Waals surface area contributed by atoms with E-state index in [-0.39, 0.29) is 11.6 Å². The van der Waals surface area contributed by atoms with Crippen molar-refractivity contribution in [3.05, 3.63) is 83.9 Å². The Bertz CT molecular complexity index is 1190. The number of rotatable bonds is 7. The van der Waals surface area contributed by atoms with Gasteiger partial charge in [-0.2, -0.15) is 0 Å².